The molecule has 1 aromatic carbocycles. The third kappa shape index (κ3) is 3.39. The van der Waals surface area contributed by atoms with Crippen molar-refractivity contribution in [1.29, 1.82) is 0 Å². The highest BCUT2D eigenvalue weighted by molar-refractivity contribution is 6.42. The number of hydrogen-bond donors (Lipinski definition) is 1. The summed E-state index contributed by atoms with van der Waals surface area (Å²) in [7, 11) is 0. The van der Waals surface area contributed by atoms with Gasteiger partial charge >= 0.3 is 0 Å². The van der Waals surface area contributed by atoms with Crippen LogP contribution in [-0.2, 0) is 11.2 Å². The monoisotopic (exact) mass is 285 g/mol. The molecule has 2 nitrogen and oxygen atoms in total. The van der Waals surface area contributed by atoms with Gasteiger partial charge in [0.25, 0.3) is 0 Å². The van der Waals surface area contributed by atoms with Crippen LogP contribution >= 0.6 is 23.2 Å². The Bertz CT molecular complexity index is 455. The fraction of sp³-hybridized carbons (Fsp3) is 0.500. The van der Waals surface area contributed by atoms with Gasteiger partial charge in [0.2, 0.25) is 5.91 Å². The normalized spacial score (nSPS) is 17.1. The van der Waals surface area contributed by atoms with Crippen molar-refractivity contribution in [2.75, 3.05) is 6.54 Å². The first kappa shape index (κ1) is 13.7. The maximum Gasteiger partial charge on any atom is 0.224 e. The number of amides is 1. The van der Waals surface area contributed by atoms with E-state index >= 15 is 0 Å². The van der Waals surface area contributed by atoms with Crippen molar-refractivity contribution in [3.05, 3.63) is 33.8 Å². The Hall–Kier alpha value is -0.730. The van der Waals surface area contributed by atoms with Crippen molar-refractivity contribution in [3.8, 4) is 0 Å². The minimum absolute atomic E-state index is 0.0431. The number of rotatable bonds is 4. The average molecular weight is 286 g/mol. The lowest BCUT2D eigenvalue weighted by atomic mass is 9.70. The third-order valence-corrected chi connectivity index (χ3v) is 4.36. The van der Waals surface area contributed by atoms with Crippen LogP contribution in [0.1, 0.15) is 31.7 Å². The lowest BCUT2D eigenvalue weighted by Crippen LogP contribution is -2.40. The van der Waals surface area contributed by atoms with Crippen molar-refractivity contribution in [3.63, 3.8) is 0 Å². The van der Waals surface area contributed by atoms with Gasteiger partial charge in [0, 0.05) is 6.54 Å². The van der Waals surface area contributed by atoms with Crippen LogP contribution in [0.3, 0.4) is 0 Å². The predicted molar refractivity (Wildman–Crippen MR) is 75.1 cm³/mol. The van der Waals surface area contributed by atoms with Gasteiger partial charge in [0.05, 0.1) is 16.5 Å². The summed E-state index contributed by atoms with van der Waals surface area (Å²) in [5.74, 6) is 0.0431. The van der Waals surface area contributed by atoms with Crippen LogP contribution in [-0.4, -0.2) is 12.5 Å². The second-order valence-electron chi connectivity index (χ2n) is 5.37. The molecule has 0 bridgehead atoms. The van der Waals surface area contributed by atoms with Gasteiger partial charge in [0.15, 0.2) is 0 Å². The maximum absolute atomic E-state index is 11.8. The molecule has 1 amide bonds. The topological polar surface area (TPSA) is 29.1 Å². The number of hydrogen-bond acceptors (Lipinski definition) is 1. The smallest absolute Gasteiger partial charge is 0.224 e. The molecule has 0 spiro atoms. The van der Waals surface area contributed by atoms with Crippen LogP contribution in [0.5, 0.6) is 0 Å². The molecule has 18 heavy (non-hydrogen) atoms. The zero-order chi connectivity index (χ0) is 13.2. The van der Waals surface area contributed by atoms with Crippen LogP contribution in [0.2, 0.25) is 10.0 Å². The highest BCUT2D eigenvalue weighted by Gasteiger charge is 2.31. The lowest BCUT2D eigenvalue weighted by Gasteiger charge is -2.38. The van der Waals surface area contributed by atoms with Crippen molar-refractivity contribution in [2.45, 2.75) is 32.6 Å². The van der Waals surface area contributed by atoms with Gasteiger partial charge < -0.3 is 5.32 Å². The largest absolute Gasteiger partial charge is 0.355 e. The highest BCUT2D eigenvalue weighted by Crippen LogP contribution is 2.39. The summed E-state index contributed by atoms with van der Waals surface area (Å²) in [6.07, 6.45) is 4.05. The summed E-state index contributed by atoms with van der Waals surface area (Å²) >= 11 is 11.7. The molecular weight excluding hydrogens is 269 g/mol. The van der Waals surface area contributed by atoms with Gasteiger partial charge in [-0.15, -0.1) is 0 Å². The van der Waals surface area contributed by atoms with Crippen LogP contribution < -0.4 is 5.32 Å². The molecule has 0 unspecified atom stereocenters. The van der Waals surface area contributed by atoms with E-state index in [-0.39, 0.29) is 5.91 Å². The van der Waals surface area contributed by atoms with Crippen LogP contribution in [0, 0.1) is 5.41 Å². The molecule has 98 valence electrons. The van der Waals surface area contributed by atoms with E-state index in [0.717, 1.165) is 12.1 Å². The minimum atomic E-state index is 0.0431. The van der Waals surface area contributed by atoms with E-state index in [2.05, 4.69) is 12.2 Å². The first-order valence-corrected chi connectivity index (χ1v) is 6.95. The van der Waals surface area contributed by atoms with E-state index in [9.17, 15) is 4.79 Å². The van der Waals surface area contributed by atoms with Gasteiger partial charge in [0.1, 0.15) is 0 Å². The molecule has 4 heteroatoms. The Labute approximate surface area is 118 Å². The molecule has 1 N–H and O–H groups in total. The van der Waals surface area contributed by atoms with E-state index in [1.165, 1.54) is 19.3 Å². The van der Waals surface area contributed by atoms with Crippen molar-refractivity contribution in [2.24, 2.45) is 5.41 Å². The molecule has 0 heterocycles. The lowest BCUT2D eigenvalue weighted by molar-refractivity contribution is -0.121. The zero-order valence-corrected chi connectivity index (χ0v) is 11.9. The summed E-state index contributed by atoms with van der Waals surface area (Å²) in [5.41, 5.74) is 1.20. The summed E-state index contributed by atoms with van der Waals surface area (Å²) in [6, 6.07) is 5.30. The summed E-state index contributed by atoms with van der Waals surface area (Å²) in [5, 5.41) is 4.00. The van der Waals surface area contributed by atoms with Gasteiger partial charge in [-0.1, -0.05) is 42.6 Å². The van der Waals surface area contributed by atoms with E-state index in [0.29, 0.717) is 21.9 Å². The molecule has 0 atom stereocenters. The first-order chi connectivity index (χ1) is 8.48. The predicted octanol–water partition coefficient (Wildman–Crippen LogP) is 3.84. The number of nitrogens with one attached hydrogen (secondary N) is 1. The third-order valence-electron chi connectivity index (χ3n) is 3.62. The average Bonchev–Trinajstić information content (AvgIpc) is 2.29. The molecule has 1 saturated carbocycles. The van der Waals surface area contributed by atoms with E-state index in [4.69, 9.17) is 23.2 Å². The number of carbonyl (C=O) groups is 1. The number of halogens is 2. The summed E-state index contributed by atoms with van der Waals surface area (Å²) in [4.78, 5) is 11.8. The Morgan fingerprint density at radius 2 is 2.06 bits per heavy atom. The van der Waals surface area contributed by atoms with Crippen LogP contribution in [0.25, 0.3) is 0 Å². The second-order valence-corrected chi connectivity index (χ2v) is 6.18. The molecule has 1 fully saturated rings. The van der Waals surface area contributed by atoms with Gasteiger partial charge in [-0.3, -0.25) is 4.79 Å². The minimum Gasteiger partial charge on any atom is -0.355 e. The van der Waals surface area contributed by atoms with E-state index in [1.807, 2.05) is 6.07 Å². The molecule has 0 saturated heterocycles. The van der Waals surface area contributed by atoms with Crippen molar-refractivity contribution >= 4 is 29.1 Å². The molecule has 1 aliphatic carbocycles. The van der Waals surface area contributed by atoms with Crippen LogP contribution in [0.15, 0.2) is 18.2 Å². The quantitative estimate of drug-likeness (QED) is 0.895. The molecule has 0 aromatic heterocycles. The molecule has 0 radical (unpaired) electrons. The summed E-state index contributed by atoms with van der Waals surface area (Å²) in [6.45, 7) is 2.99. The van der Waals surface area contributed by atoms with Crippen molar-refractivity contribution < 1.29 is 4.79 Å². The highest BCUT2D eigenvalue weighted by atomic mass is 35.5. The van der Waals surface area contributed by atoms with Gasteiger partial charge in [-0.25, -0.2) is 0 Å². The Morgan fingerprint density at radius 1 is 1.33 bits per heavy atom. The fourth-order valence-corrected chi connectivity index (χ4v) is 2.49. The Balaban J connectivity index is 1.85. The molecule has 1 aliphatic rings. The Kier molecular flexibility index (Phi) is 4.18. The first-order valence-electron chi connectivity index (χ1n) is 6.19. The molecule has 2 rings (SSSR count). The molecular formula is C14H17Cl2NO. The van der Waals surface area contributed by atoms with Gasteiger partial charge in [-0.05, 0) is 36.0 Å². The van der Waals surface area contributed by atoms with Crippen LogP contribution in [0.4, 0.5) is 0 Å². The second kappa shape index (κ2) is 5.50. The van der Waals surface area contributed by atoms with E-state index < -0.39 is 0 Å². The number of benzene rings is 1. The Morgan fingerprint density at radius 3 is 2.61 bits per heavy atom. The number of carbonyl (C=O) groups excluding carboxylic acids is 1. The summed E-state index contributed by atoms with van der Waals surface area (Å²) < 4.78 is 0. The van der Waals surface area contributed by atoms with Gasteiger partial charge in [-0.2, -0.15) is 0 Å². The van der Waals surface area contributed by atoms with E-state index in [1.54, 1.807) is 12.1 Å². The molecule has 1 aromatic rings. The maximum atomic E-state index is 11.8. The zero-order valence-electron chi connectivity index (χ0n) is 10.4. The van der Waals surface area contributed by atoms with Crippen molar-refractivity contribution in [1.82, 2.24) is 5.32 Å². The standard InChI is InChI=1S/C14H17Cl2NO/c1-14(5-2-6-14)9-17-13(18)8-10-3-4-11(15)12(16)7-10/h3-4,7H,2,5-6,8-9H2,1H3,(H,17,18). The SMILES string of the molecule is CC1(CNC(=O)Cc2ccc(Cl)c(Cl)c2)CCC1. The fourth-order valence-electron chi connectivity index (χ4n) is 2.17. The molecule has 0 aliphatic heterocycles.